The molecule has 0 spiro atoms. The first-order chi connectivity index (χ1) is 29.6. The van der Waals surface area contributed by atoms with Crippen LogP contribution in [0.3, 0.4) is 0 Å². The van der Waals surface area contributed by atoms with E-state index in [4.69, 9.17) is 24.6 Å². The van der Waals surface area contributed by atoms with E-state index in [0.717, 1.165) is 48.9 Å². The number of nitrogens with two attached hydrogens (primary N) is 1. The van der Waals surface area contributed by atoms with Gasteiger partial charge in [0, 0.05) is 12.8 Å². The SMILES string of the molecule is CCCCCCCCCC(CCCCCCCCC)COC(=O)[C@H](Cc1ccccc1)N(Oc1ccccc1)[P+](=O)OC[C@@]1(C)O[C@@H](n2cnc3c(N)nc(F)nc32)C[C@@H]1O. The lowest BCUT2D eigenvalue weighted by atomic mass is 9.94. The number of aromatic nitrogens is 4. The predicted molar refractivity (Wildman–Crippen MR) is 235 cm³/mol. The van der Waals surface area contributed by atoms with E-state index in [-0.39, 0.29) is 49.0 Å². The Bertz CT molecular complexity index is 1890. The fraction of sp³-hybridized carbons (Fsp3) is 0.609. The molecule has 0 bridgehead atoms. The van der Waals surface area contributed by atoms with Crippen molar-refractivity contribution in [1.29, 1.82) is 0 Å². The summed E-state index contributed by atoms with van der Waals surface area (Å²) in [5, 5.41) is 11.3. The van der Waals surface area contributed by atoms with Crippen LogP contribution in [0.1, 0.15) is 142 Å². The summed E-state index contributed by atoms with van der Waals surface area (Å²) in [7, 11) is -2.90. The molecule has 0 amide bonds. The number of nitrogens with zero attached hydrogens (tertiary/aromatic N) is 5. The number of fused-ring (bicyclic) bond motifs is 1. The molecule has 334 valence electrons. The third-order valence-corrected chi connectivity index (χ3v) is 12.6. The number of nitrogen functional groups attached to an aromatic ring is 1. The van der Waals surface area contributed by atoms with Gasteiger partial charge >= 0.3 is 20.2 Å². The molecule has 1 saturated heterocycles. The molecule has 1 unspecified atom stereocenters. The zero-order valence-corrected chi connectivity index (χ0v) is 37.2. The average Bonchev–Trinajstić information content (AvgIpc) is 3.82. The minimum absolute atomic E-state index is 0.0691. The van der Waals surface area contributed by atoms with E-state index in [1.165, 1.54) is 75.1 Å². The average molecular weight is 866 g/mol. The molecule has 0 saturated carbocycles. The second kappa shape index (κ2) is 25.1. The van der Waals surface area contributed by atoms with Gasteiger partial charge in [-0.1, -0.05) is 152 Å². The predicted octanol–water partition coefficient (Wildman–Crippen LogP) is 10.6. The third-order valence-electron chi connectivity index (χ3n) is 11.5. The topological polar surface area (TPSA) is 164 Å². The Morgan fingerprint density at radius 1 is 0.934 bits per heavy atom. The number of hydrogen-bond acceptors (Lipinski definition) is 11. The number of aliphatic hydroxyl groups excluding tert-OH is 1. The molecule has 61 heavy (non-hydrogen) atoms. The largest absolute Gasteiger partial charge is 0.653 e. The number of unbranched alkanes of at least 4 members (excludes halogenated alkanes) is 12. The highest BCUT2D eigenvalue weighted by Crippen LogP contribution is 2.42. The summed E-state index contributed by atoms with van der Waals surface area (Å²) in [5.74, 6) is -0.136. The summed E-state index contributed by atoms with van der Waals surface area (Å²) in [4.78, 5) is 33.3. The van der Waals surface area contributed by atoms with Crippen molar-refractivity contribution in [2.24, 2.45) is 5.92 Å². The second-order valence-electron chi connectivity index (χ2n) is 16.6. The molecule has 5 rings (SSSR count). The van der Waals surface area contributed by atoms with Crippen LogP contribution >= 0.6 is 8.18 Å². The number of carbonyl (C=O) groups is 1. The number of para-hydroxylation sites is 1. The Morgan fingerprint density at radius 3 is 2.15 bits per heavy atom. The molecule has 4 aromatic rings. The number of ether oxygens (including phenoxy) is 2. The molecule has 0 radical (unpaired) electrons. The van der Waals surface area contributed by atoms with Crippen molar-refractivity contribution in [3.05, 3.63) is 78.6 Å². The Kier molecular flexibility index (Phi) is 19.8. The van der Waals surface area contributed by atoms with Crippen molar-refractivity contribution in [3.63, 3.8) is 0 Å². The van der Waals surface area contributed by atoms with Crippen molar-refractivity contribution in [2.75, 3.05) is 18.9 Å². The lowest BCUT2D eigenvalue weighted by Crippen LogP contribution is -2.44. The second-order valence-corrected chi connectivity index (χ2v) is 17.7. The van der Waals surface area contributed by atoms with E-state index in [0.29, 0.717) is 5.75 Å². The standard InChI is InChI=1S/C46H67FN6O7P/c1-4-6-8-10-12-14-18-26-36(27-19-15-13-11-9-7-5-2)32-57-44(55)38(30-35-24-20-16-21-25-35)53(60-37-28-22-17-23-29-37)61(56)58-33-46(3)39(54)31-40(59-46)52-34-49-41-42(48)50-45(47)51-43(41)52/h16-17,20-25,28-29,34,36,38-40,54H,4-15,18-19,26-27,30-33H2,1-3H3,(H2,48,50,51)/q+1/t38-,39-,40+,46+/m0/s1. The molecular weight excluding hydrogens is 799 g/mol. The first kappa shape index (κ1) is 48.0. The maximum atomic E-state index is 14.4. The van der Waals surface area contributed by atoms with Gasteiger partial charge in [0.25, 0.3) is 0 Å². The van der Waals surface area contributed by atoms with Gasteiger partial charge in [0.1, 0.15) is 23.3 Å². The number of rotatable bonds is 29. The number of aliphatic hydroxyl groups is 1. The minimum atomic E-state index is -2.90. The summed E-state index contributed by atoms with van der Waals surface area (Å²) in [6, 6.07) is 17.1. The van der Waals surface area contributed by atoms with Gasteiger partial charge in [-0.2, -0.15) is 14.4 Å². The molecular formula is C46H67FN6O7P+. The highest BCUT2D eigenvalue weighted by atomic mass is 31.1. The first-order valence-corrected chi connectivity index (χ1v) is 23.6. The molecule has 5 atom stereocenters. The fourth-order valence-electron chi connectivity index (χ4n) is 7.82. The normalized spacial score (nSPS) is 18.6. The number of halogens is 1. The summed E-state index contributed by atoms with van der Waals surface area (Å²) in [6.45, 7) is 6.00. The van der Waals surface area contributed by atoms with Crippen molar-refractivity contribution < 1.29 is 37.7 Å². The lowest BCUT2D eigenvalue weighted by Gasteiger charge is -2.26. The Balaban J connectivity index is 1.30. The summed E-state index contributed by atoms with van der Waals surface area (Å²) in [5.41, 5.74) is 5.60. The summed E-state index contributed by atoms with van der Waals surface area (Å²) >= 11 is 0. The maximum absolute atomic E-state index is 14.4. The van der Waals surface area contributed by atoms with Crippen LogP contribution in [0.4, 0.5) is 10.2 Å². The summed E-state index contributed by atoms with van der Waals surface area (Å²) < 4.78 is 48.5. The quantitative estimate of drug-likeness (QED) is 0.0175. The van der Waals surface area contributed by atoms with E-state index in [2.05, 4.69) is 28.8 Å². The molecule has 0 aliphatic carbocycles. The van der Waals surface area contributed by atoms with Crippen molar-refractivity contribution >= 4 is 31.1 Å². The minimum Gasteiger partial charge on any atom is -0.464 e. The van der Waals surface area contributed by atoms with Gasteiger partial charge in [0.2, 0.25) is 0 Å². The molecule has 1 aliphatic heterocycles. The molecule has 3 N–H and O–H groups in total. The van der Waals surface area contributed by atoms with Gasteiger partial charge < -0.3 is 25.2 Å². The Hall–Kier alpha value is -4.07. The molecule has 15 heteroatoms. The number of imidazole rings is 1. The fourth-order valence-corrected chi connectivity index (χ4v) is 8.86. The number of anilines is 1. The summed E-state index contributed by atoms with van der Waals surface area (Å²) in [6.07, 6.45) is 17.6. The molecule has 3 heterocycles. The third kappa shape index (κ3) is 14.8. The van der Waals surface area contributed by atoms with E-state index < -0.39 is 44.2 Å². The van der Waals surface area contributed by atoms with E-state index in [1.54, 1.807) is 31.2 Å². The van der Waals surface area contributed by atoms with E-state index in [1.807, 2.05) is 36.4 Å². The van der Waals surface area contributed by atoms with Crippen LogP contribution in [0.25, 0.3) is 11.2 Å². The smallest absolute Gasteiger partial charge is 0.464 e. The lowest BCUT2D eigenvalue weighted by molar-refractivity contribution is -0.158. The van der Waals surface area contributed by atoms with Crippen LogP contribution < -0.4 is 10.6 Å². The molecule has 2 aromatic carbocycles. The highest BCUT2D eigenvalue weighted by Gasteiger charge is 2.51. The van der Waals surface area contributed by atoms with E-state index >= 15 is 0 Å². The zero-order chi connectivity index (χ0) is 43.5. The molecule has 2 aromatic heterocycles. The van der Waals surface area contributed by atoms with Gasteiger partial charge in [-0.15, -0.1) is 4.52 Å². The Labute approximate surface area is 361 Å². The van der Waals surface area contributed by atoms with Crippen LogP contribution in [0.5, 0.6) is 5.75 Å². The number of hydroxylamine groups is 1. The molecule has 13 nitrogen and oxygen atoms in total. The van der Waals surface area contributed by atoms with Crippen molar-refractivity contribution in [2.45, 2.75) is 160 Å². The van der Waals surface area contributed by atoms with Gasteiger partial charge in [-0.25, -0.2) is 4.98 Å². The Morgan fingerprint density at radius 2 is 1.52 bits per heavy atom. The van der Waals surface area contributed by atoms with Crippen LogP contribution in [0.2, 0.25) is 0 Å². The zero-order valence-electron chi connectivity index (χ0n) is 36.3. The monoisotopic (exact) mass is 865 g/mol. The number of esters is 1. The highest BCUT2D eigenvalue weighted by molar-refractivity contribution is 7.36. The van der Waals surface area contributed by atoms with Gasteiger partial charge in [0.05, 0.1) is 19.0 Å². The number of benzene rings is 2. The number of carbonyl (C=O) groups excluding carboxylic acids is 1. The van der Waals surface area contributed by atoms with Crippen LogP contribution in [-0.4, -0.2) is 66.4 Å². The van der Waals surface area contributed by atoms with Gasteiger partial charge in [-0.05, 0) is 47.9 Å². The maximum Gasteiger partial charge on any atom is 0.653 e. The first-order valence-electron chi connectivity index (χ1n) is 22.5. The van der Waals surface area contributed by atoms with Crippen molar-refractivity contribution in [1.82, 2.24) is 24.4 Å². The van der Waals surface area contributed by atoms with Gasteiger partial charge in [0.15, 0.2) is 28.8 Å². The van der Waals surface area contributed by atoms with Crippen molar-refractivity contribution in [3.8, 4) is 5.75 Å². The van der Waals surface area contributed by atoms with Gasteiger partial charge in [-0.3, -0.25) is 9.36 Å². The van der Waals surface area contributed by atoms with Crippen LogP contribution in [0.15, 0.2) is 67.0 Å². The van der Waals surface area contributed by atoms with E-state index in [9.17, 15) is 18.9 Å². The molecule has 1 fully saturated rings. The molecule has 1 aliphatic rings. The van der Waals surface area contributed by atoms with Crippen LogP contribution in [0, 0.1) is 12.0 Å². The van der Waals surface area contributed by atoms with Crippen LogP contribution in [-0.2, 0) is 29.8 Å². The number of hydrogen-bond donors (Lipinski definition) is 2.